The van der Waals surface area contributed by atoms with E-state index in [1.54, 1.807) is 30.0 Å². The molecule has 30 heavy (non-hydrogen) atoms. The van der Waals surface area contributed by atoms with Gasteiger partial charge in [0, 0.05) is 18.8 Å². The molecule has 0 spiro atoms. The highest BCUT2D eigenvalue weighted by atomic mass is 19.1. The lowest BCUT2D eigenvalue weighted by Crippen LogP contribution is -2.53. The van der Waals surface area contributed by atoms with E-state index < -0.39 is 6.10 Å². The van der Waals surface area contributed by atoms with Crippen molar-refractivity contribution >= 4 is 23.2 Å². The van der Waals surface area contributed by atoms with E-state index in [9.17, 15) is 14.0 Å². The fourth-order valence-corrected chi connectivity index (χ4v) is 3.62. The number of morpholine rings is 1. The number of fused-ring (bicyclic) bond motifs is 1. The Morgan fingerprint density at radius 1 is 1.17 bits per heavy atom. The van der Waals surface area contributed by atoms with E-state index in [4.69, 9.17) is 9.47 Å². The van der Waals surface area contributed by atoms with Crippen LogP contribution >= 0.6 is 0 Å². The maximum atomic E-state index is 13.8. The summed E-state index contributed by atoms with van der Waals surface area (Å²) in [5.41, 5.74) is 1.65. The van der Waals surface area contributed by atoms with Gasteiger partial charge in [-0.15, -0.1) is 0 Å². The predicted octanol–water partition coefficient (Wildman–Crippen LogP) is 2.20. The molecule has 2 aromatic carbocycles. The van der Waals surface area contributed by atoms with Gasteiger partial charge >= 0.3 is 0 Å². The number of ether oxygens (including phenoxy) is 2. The van der Waals surface area contributed by atoms with E-state index in [1.807, 2.05) is 23.1 Å². The number of nitrogens with one attached hydrogen (secondary N) is 1. The van der Waals surface area contributed by atoms with Crippen LogP contribution in [-0.2, 0) is 14.3 Å². The molecule has 4 rings (SSSR count). The van der Waals surface area contributed by atoms with Crippen LogP contribution in [0, 0.1) is 12.7 Å². The summed E-state index contributed by atoms with van der Waals surface area (Å²) in [6, 6.07) is 11.9. The molecular weight excluding hydrogens is 389 g/mol. The molecule has 8 heteroatoms. The topological polar surface area (TPSA) is 71.1 Å². The molecule has 0 saturated carbocycles. The van der Waals surface area contributed by atoms with Gasteiger partial charge in [0.05, 0.1) is 32.0 Å². The van der Waals surface area contributed by atoms with Crippen LogP contribution in [0.2, 0.25) is 0 Å². The fourth-order valence-electron chi connectivity index (χ4n) is 3.62. The van der Waals surface area contributed by atoms with Crippen LogP contribution in [0.1, 0.15) is 5.56 Å². The molecule has 158 valence electrons. The van der Waals surface area contributed by atoms with Crippen LogP contribution in [0.5, 0.6) is 5.75 Å². The van der Waals surface area contributed by atoms with Crippen molar-refractivity contribution in [2.24, 2.45) is 0 Å². The van der Waals surface area contributed by atoms with Gasteiger partial charge in [-0.3, -0.25) is 9.59 Å². The third-order valence-electron chi connectivity index (χ3n) is 5.25. The molecular formula is C22H24FN3O4. The molecule has 2 amide bonds. The van der Waals surface area contributed by atoms with Gasteiger partial charge < -0.3 is 24.6 Å². The van der Waals surface area contributed by atoms with Gasteiger partial charge in [-0.05, 0) is 36.8 Å². The Morgan fingerprint density at radius 2 is 1.93 bits per heavy atom. The van der Waals surface area contributed by atoms with Crippen molar-refractivity contribution in [1.82, 2.24) is 4.90 Å². The second-order valence-corrected chi connectivity index (χ2v) is 7.40. The van der Waals surface area contributed by atoms with Crippen LogP contribution < -0.4 is 15.0 Å². The molecule has 0 radical (unpaired) electrons. The van der Waals surface area contributed by atoms with Crippen LogP contribution in [0.25, 0.3) is 0 Å². The molecule has 1 N–H and O–H groups in total. The van der Waals surface area contributed by atoms with Gasteiger partial charge in [-0.1, -0.05) is 18.2 Å². The lowest BCUT2D eigenvalue weighted by molar-refractivity contribution is -0.142. The maximum Gasteiger partial charge on any atom is 0.265 e. The minimum Gasteiger partial charge on any atom is -0.477 e. The average Bonchev–Trinajstić information content (AvgIpc) is 2.76. The molecule has 1 saturated heterocycles. The van der Waals surface area contributed by atoms with Gasteiger partial charge in [-0.25, -0.2) is 4.39 Å². The highest BCUT2D eigenvalue weighted by Crippen LogP contribution is 2.33. The number of nitrogens with zero attached hydrogens (tertiary/aromatic N) is 2. The van der Waals surface area contributed by atoms with E-state index in [1.165, 1.54) is 6.07 Å². The smallest absolute Gasteiger partial charge is 0.265 e. The number of carbonyl (C=O) groups is 2. The quantitative estimate of drug-likeness (QED) is 0.832. The molecule has 2 aliphatic rings. The van der Waals surface area contributed by atoms with Gasteiger partial charge in [0.2, 0.25) is 5.91 Å². The first kappa shape index (κ1) is 20.2. The van der Waals surface area contributed by atoms with Crippen molar-refractivity contribution in [3.8, 4) is 5.75 Å². The SMILES string of the molecule is Cc1ccc(NC(=O)CN2C[C@H](C(=O)N3CCOCC3)Oc3ccccc32)cc1F. The van der Waals surface area contributed by atoms with Crippen molar-refractivity contribution in [3.05, 3.63) is 53.8 Å². The Kier molecular flexibility index (Phi) is 5.85. The summed E-state index contributed by atoms with van der Waals surface area (Å²) in [4.78, 5) is 29.1. The summed E-state index contributed by atoms with van der Waals surface area (Å²) in [5, 5.41) is 2.72. The summed E-state index contributed by atoms with van der Waals surface area (Å²) in [6.45, 7) is 4.00. The standard InChI is InChI=1S/C22H24FN3O4/c1-15-6-7-16(12-17(15)23)24-21(27)14-26-13-20(22(28)25-8-10-29-11-9-25)30-19-5-3-2-4-18(19)26/h2-7,12,20H,8-11,13-14H2,1H3,(H,24,27)/t20-/m1/s1. The molecule has 0 unspecified atom stereocenters. The largest absolute Gasteiger partial charge is 0.477 e. The second-order valence-electron chi connectivity index (χ2n) is 7.40. The highest BCUT2D eigenvalue weighted by Gasteiger charge is 2.34. The van der Waals surface area contributed by atoms with Gasteiger partial charge in [0.25, 0.3) is 5.91 Å². The molecule has 2 aromatic rings. The third kappa shape index (κ3) is 4.38. The van der Waals surface area contributed by atoms with Crippen molar-refractivity contribution in [1.29, 1.82) is 0 Å². The Bertz CT molecular complexity index is 946. The zero-order valence-corrected chi connectivity index (χ0v) is 16.8. The molecule has 7 nitrogen and oxygen atoms in total. The minimum absolute atomic E-state index is 0.0166. The number of halogens is 1. The van der Waals surface area contributed by atoms with Gasteiger partial charge in [-0.2, -0.15) is 0 Å². The molecule has 2 heterocycles. The van der Waals surface area contributed by atoms with Crippen LogP contribution in [0.15, 0.2) is 42.5 Å². The van der Waals surface area contributed by atoms with E-state index in [2.05, 4.69) is 5.32 Å². The zero-order chi connectivity index (χ0) is 21.1. The first-order valence-electron chi connectivity index (χ1n) is 9.94. The zero-order valence-electron chi connectivity index (χ0n) is 16.8. The number of amides is 2. The average molecular weight is 413 g/mol. The van der Waals surface area contributed by atoms with Crippen molar-refractivity contribution in [2.45, 2.75) is 13.0 Å². The van der Waals surface area contributed by atoms with Crippen LogP contribution in [-0.4, -0.2) is 62.2 Å². The summed E-state index contributed by atoms with van der Waals surface area (Å²) in [5.74, 6) is -0.225. The Labute approximate surface area is 174 Å². The lowest BCUT2D eigenvalue weighted by Gasteiger charge is -2.38. The van der Waals surface area contributed by atoms with Crippen LogP contribution in [0.3, 0.4) is 0 Å². The van der Waals surface area contributed by atoms with E-state index in [-0.39, 0.29) is 30.7 Å². The minimum atomic E-state index is -0.706. The van der Waals surface area contributed by atoms with Gasteiger partial charge in [0.1, 0.15) is 11.6 Å². The number of hydrogen-bond acceptors (Lipinski definition) is 5. The van der Waals surface area contributed by atoms with Crippen molar-refractivity contribution in [3.63, 3.8) is 0 Å². The number of carbonyl (C=O) groups excluding carboxylic acids is 2. The van der Waals surface area contributed by atoms with Gasteiger partial charge in [0.15, 0.2) is 6.10 Å². The van der Waals surface area contributed by atoms with E-state index in [0.717, 1.165) is 5.69 Å². The number of anilines is 2. The normalized spacial score (nSPS) is 18.4. The highest BCUT2D eigenvalue weighted by molar-refractivity contribution is 5.95. The Morgan fingerprint density at radius 3 is 2.70 bits per heavy atom. The molecule has 0 aromatic heterocycles. The number of para-hydroxylation sites is 2. The fraction of sp³-hybridized carbons (Fsp3) is 0.364. The number of rotatable bonds is 4. The number of benzene rings is 2. The number of aryl methyl sites for hydroxylation is 1. The first-order valence-corrected chi connectivity index (χ1v) is 9.94. The summed E-state index contributed by atoms with van der Waals surface area (Å²) in [7, 11) is 0. The first-order chi connectivity index (χ1) is 14.5. The van der Waals surface area contributed by atoms with E-state index >= 15 is 0 Å². The monoisotopic (exact) mass is 413 g/mol. The molecule has 0 bridgehead atoms. The summed E-state index contributed by atoms with van der Waals surface area (Å²) in [6.07, 6.45) is -0.706. The second kappa shape index (κ2) is 8.71. The lowest BCUT2D eigenvalue weighted by atomic mass is 10.1. The maximum absolute atomic E-state index is 13.8. The molecule has 2 aliphatic heterocycles. The Hall–Kier alpha value is -3.13. The molecule has 0 aliphatic carbocycles. The van der Waals surface area contributed by atoms with Crippen LogP contribution in [0.4, 0.5) is 15.8 Å². The molecule has 1 fully saturated rings. The van der Waals surface area contributed by atoms with Crippen molar-refractivity contribution < 1.29 is 23.5 Å². The predicted molar refractivity (Wildman–Crippen MR) is 110 cm³/mol. The summed E-state index contributed by atoms with van der Waals surface area (Å²) >= 11 is 0. The third-order valence-corrected chi connectivity index (χ3v) is 5.25. The molecule has 1 atom stereocenters. The number of hydrogen-bond donors (Lipinski definition) is 1. The van der Waals surface area contributed by atoms with Crippen molar-refractivity contribution in [2.75, 3.05) is 49.6 Å². The Balaban J connectivity index is 1.48. The van der Waals surface area contributed by atoms with E-state index in [0.29, 0.717) is 43.3 Å². The summed E-state index contributed by atoms with van der Waals surface area (Å²) < 4.78 is 25.0.